The Morgan fingerprint density at radius 1 is 1.16 bits per heavy atom. The average molecular weight is 277 g/mol. The molecule has 98 valence electrons. The van der Waals surface area contributed by atoms with Gasteiger partial charge in [-0.15, -0.1) is 0 Å². The van der Waals surface area contributed by atoms with Crippen LogP contribution in [0.3, 0.4) is 0 Å². The third kappa shape index (κ3) is 3.45. The van der Waals surface area contributed by atoms with E-state index in [1.807, 2.05) is 26.0 Å². The van der Waals surface area contributed by atoms with E-state index in [0.717, 1.165) is 16.8 Å². The van der Waals surface area contributed by atoms with E-state index in [-0.39, 0.29) is 10.7 Å². The number of rotatable bonds is 3. The van der Waals surface area contributed by atoms with Crippen molar-refractivity contribution in [3.05, 3.63) is 52.2 Å². The summed E-state index contributed by atoms with van der Waals surface area (Å²) < 4.78 is 0. The molecule has 0 aliphatic rings. The number of carboxylic acids is 1. The fraction of sp³-hybridized carbons (Fsp3) is 0.143. The Hall–Kier alpha value is -2.07. The molecule has 0 unspecified atom stereocenters. The zero-order chi connectivity index (χ0) is 14.0. The second-order valence-corrected chi connectivity index (χ2v) is 4.76. The number of carboxylic acid groups (broad SMARTS) is 1. The Kier molecular flexibility index (Phi) is 3.71. The maximum Gasteiger partial charge on any atom is 0.335 e. The smallest absolute Gasteiger partial charge is 0.335 e. The van der Waals surface area contributed by atoms with Crippen LogP contribution in [0.25, 0.3) is 0 Å². The lowest BCUT2D eigenvalue weighted by atomic mass is 10.1. The van der Waals surface area contributed by atoms with Gasteiger partial charge in [-0.3, -0.25) is 0 Å². The number of aryl methyl sites for hydroxylation is 2. The number of aromatic carboxylic acids is 1. The first kappa shape index (κ1) is 13.4. The van der Waals surface area contributed by atoms with Crippen LogP contribution in [0, 0.1) is 13.8 Å². The zero-order valence-electron chi connectivity index (χ0n) is 10.6. The van der Waals surface area contributed by atoms with Gasteiger partial charge in [-0.05, 0) is 49.2 Å². The number of aromatic nitrogens is 1. The number of pyridine rings is 1. The second kappa shape index (κ2) is 5.28. The number of carbonyl (C=O) groups is 1. The van der Waals surface area contributed by atoms with Gasteiger partial charge in [0.05, 0.1) is 5.56 Å². The average Bonchev–Trinajstić information content (AvgIpc) is 2.26. The zero-order valence-corrected chi connectivity index (χ0v) is 11.3. The summed E-state index contributed by atoms with van der Waals surface area (Å²) in [7, 11) is 0. The monoisotopic (exact) mass is 276 g/mol. The van der Waals surface area contributed by atoms with E-state index < -0.39 is 5.97 Å². The van der Waals surface area contributed by atoms with Crippen molar-refractivity contribution in [3.63, 3.8) is 0 Å². The predicted octanol–water partition coefficient (Wildman–Crippen LogP) is 3.79. The minimum Gasteiger partial charge on any atom is -0.478 e. The van der Waals surface area contributed by atoms with E-state index in [0.29, 0.717) is 5.82 Å². The highest BCUT2D eigenvalue weighted by Gasteiger charge is 2.08. The van der Waals surface area contributed by atoms with Crippen molar-refractivity contribution in [3.8, 4) is 0 Å². The standard InChI is InChI=1S/C14H13ClN2O2/c1-8-3-9(2)5-11(4-8)16-13-7-10(14(18)19)6-12(15)17-13/h3-7H,1-2H3,(H,16,17)(H,18,19). The van der Waals surface area contributed by atoms with E-state index in [9.17, 15) is 4.79 Å². The molecule has 0 bridgehead atoms. The van der Waals surface area contributed by atoms with Crippen molar-refractivity contribution in [2.24, 2.45) is 0 Å². The number of halogens is 1. The van der Waals surface area contributed by atoms with Crippen LogP contribution in [0.1, 0.15) is 21.5 Å². The van der Waals surface area contributed by atoms with E-state index in [4.69, 9.17) is 16.7 Å². The highest BCUT2D eigenvalue weighted by molar-refractivity contribution is 6.29. The van der Waals surface area contributed by atoms with E-state index >= 15 is 0 Å². The van der Waals surface area contributed by atoms with Gasteiger partial charge >= 0.3 is 5.97 Å². The summed E-state index contributed by atoms with van der Waals surface area (Å²) in [6, 6.07) is 8.73. The maximum absolute atomic E-state index is 11.0. The molecule has 0 aliphatic heterocycles. The summed E-state index contributed by atoms with van der Waals surface area (Å²) in [5.74, 6) is -0.623. The van der Waals surface area contributed by atoms with Gasteiger partial charge < -0.3 is 10.4 Å². The summed E-state index contributed by atoms with van der Waals surface area (Å²) in [4.78, 5) is 15.0. The molecule has 0 amide bonds. The molecule has 19 heavy (non-hydrogen) atoms. The first-order valence-electron chi connectivity index (χ1n) is 5.70. The van der Waals surface area contributed by atoms with Gasteiger partial charge in [0.15, 0.2) is 0 Å². The summed E-state index contributed by atoms with van der Waals surface area (Å²) in [5.41, 5.74) is 3.18. The molecule has 0 atom stereocenters. The minimum absolute atomic E-state index is 0.104. The maximum atomic E-state index is 11.0. The quantitative estimate of drug-likeness (QED) is 0.837. The molecule has 1 aromatic carbocycles. The third-order valence-corrected chi connectivity index (χ3v) is 2.73. The Morgan fingerprint density at radius 3 is 2.37 bits per heavy atom. The first-order valence-corrected chi connectivity index (χ1v) is 6.08. The number of hydrogen-bond donors (Lipinski definition) is 2. The van der Waals surface area contributed by atoms with E-state index in [1.54, 1.807) is 0 Å². The lowest BCUT2D eigenvalue weighted by Crippen LogP contribution is -2.01. The topological polar surface area (TPSA) is 62.2 Å². The number of anilines is 2. The minimum atomic E-state index is -1.03. The molecule has 0 saturated carbocycles. The Bertz CT molecular complexity index is 621. The van der Waals surface area contributed by atoms with Crippen molar-refractivity contribution in [1.82, 2.24) is 4.98 Å². The van der Waals surface area contributed by atoms with Gasteiger partial charge in [-0.1, -0.05) is 17.7 Å². The summed E-state index contributed by atoms with van der Waals surface area (Å²) in [6.07, 6.45) is 0. The fourth-order valence-electron chi connectivity index (χ4n) is 1.88. The van der Waals surface area contributed by atoms with Gasteiger partial charge in [0.25, 0.3) is 0 Å². The number of nitrogens with zero attached hydrogens (tertiary/aromatic N) is 1. The molecule has 1 aromatic heterocycles. The van der Waals surface area contributed by atoms with Gasteiger partial charge in [0.1, 0.15) is 11.0 Å². The van der Waals surface area contributed by atoms with Crippen molar-refractivity contribution in [1.29, 1.82) is 0 Å². The van der Waals surface area contributed by atoms with Crippen molar-refractivity contribution in [2.45, 2.75) is 13.8 Å². The highest BCUT2D eigenvalue weighted by atomic mass is 35.5. The molecule has 2 rings (SSSR count). The van der Waals surface area contributed by atoms with Crippen LogP contribution in [0.4, 0.5) is 11.5 Å². The Balaban J connectivity index is 2.35. The normalized spacial score (nSPS) is 10.3. The van der Waals surface area contributed by atoms with Crippen molar-refractivity contribution >= 4 is 29.1 Å². The molecule has 0 saturated heterocycles. The predicted molar refractivity (Wildman–Crippen MR) is 75.4 cm³/mol. The van der Waals surface area contributed by atoms with Gasteiger partial charge in [0.2, 0.25) is 0 Å². The summed E-state index contributed by atoms with van der Waals surface area (Å²) >= 11 is 5.81. The van der Waals surface area contributed by atoms with Crippen LogP contribution < -0.4 is 5.32 Å². The molecular weight excluding hydrogens is 264 g/mol. The second-order valence-electron chi connectivity index (χ2n) is 4.37. The lowest BCUT2D eigenvalue weighted by Gasteiger charge is -2.09. The van der Waals surface area contributed by atoms with Crippen LogP contribution in [-0.4, -0.2) is 16.1 Å². The first-order chi connectivity index (χ1) is 8.94. The SMILES string of the molecule is Cc1cc(C)cc(Nc2cc(C(=O)O)cc(Cl)n2)c1. The van der Waals surface area contributed by atoms with Crippen molar-refractivity contribution < 1.29 is 9.90 Å². The van der Waals surface area contributed by atoms with Gasteiger partial charge in [-0.2, -0.15) is 0 Å². The number of benzene rings is 1. The van der Waals surface area contributed by atoms with Crippen LogP contribution in [0.5, 0.6) is 0 Å². The molecule has 4 nitrogen and oxygen atoms in total. The van der Waals surface area contributed by atoms with Gasteiger partial charge in [0, 0.05) is 5.69 Å². The molecule has 1 heterocycles. The largest absolute Gasteiger partial charge is 0.478 e. The Labute approximate surface area is 116 Å². The summed E-state index contributed by atoms with van der Waals surface area (Å²) in [6.45, 7) is 3.98. The van der Waals surface area contributed by atoms with E-state index in [1.165, 1.54) is 12.1 Å². The molecule has 0 radical (unpaired) electrons. The molecule has 2 aromatic rings. The van der Waals surface area contributed by atoms with Crippen LogP contribution in [0.2, 0.25) is 5.15 Å². The number of hydrogen-bond acceptors (Lipinski definition) is 3. The highest BCUT2D eigenvalue weighted by Crippen LogP contribution is 2.21. The number of nitrogens with one attached hydrogen (secondary N) is 1. The van der Waals surface area contributed by atoms with E-state index in [2.05, 4.69) is 16.4 Å². The molecule has 2 N–H and O–H groups in total. The molecule has 0 fully saturated rings. The third-order valence-electron chi connectivity index (χ3n) is 2.54. The van der Waals surface area contributed by atoms with Crippen LogP contribution in [-0.2, 0) is 0 Å². The molecule has 5 heteroatoms. The van der Waals surface area contributed by atoms with Crippen LogP contribution >= 0.6 is 11.6 Å². The molecule has 0 aliphatic carbocycles. The lowest BCUT2D eigenvalue weighted by molar-refractivity contribution is 0.0697. The van der Waals surface area contributed by atoms with Gasteiger partial charge in [-0.25, -0.2) is 9.78 Å². The fourth-order valence-corrected chi connectivity index (χ4v) is 2.09. The van der Waals surface area contributed by atoms with Crippen molar-refractivity contribution in [2.75, 3.05) is 5.32 Å². The Morgan fingerprint density at radius 2 is 1.79 bits per heavy atom. The molecule has 0 spiro atoms. The van der Waals surface area contributed by atoms with Crippen LogP contribution in [0.15, 0.2) is 30.3 Å². The summed E-state index contributed by atoms with van der Waals surface area (Å²) in [5, 5.41) is 12.2. The molecular formula is C14H13ClN2O2.